The molecule has 0 radical (unpaired) electrons. The molecule has 0 amide bonds. The average molecular weight is 183 g/mol. The summed E-state index contributed by atoms with van der Waals surface area (Å²) in [6.07, 6.45) is 7.27. The van der Waals surface area contributed by atoms with Crippen LogP contribution in [0.3, 0.4) is 0 Å². The van der Waals surface area contributed by atoms with E-state index >= 15 is 0 Å². The lowest BCUT2D eigenvalue weighted by Gasteiger charge is -2.40. The normalized spacial score (nSPS) is 46.6. The fourth-order valence-electron chi connectivity index (χ4n) is 3.03. The van der Waals surface area contributed by atoms with Gasteiger partial charge in [0.25, 0.3) is 0 Å². The number of hydrogen-bond acceptors (Lipinski definition) is 2. The van der Waals surface area contributed by atoms with Gasteiger partial charge in [-0.1, -0.05) is 12.8 Å². The van der Waals surface area contributed by atoms with Gasteiger partial charge in [0.05, 0.1) is 5.60 Å². The monoisotopic (exact) mass is 183 g/mol. The van der Waals surface area contributed by atoms with Gasteiger partial charge in [-0.2, -0.15) is 0 Å². The van der Waals surface area contributed by atoms with Gasteiger partial charge in [-0.05, 0) is 39.2 Å². The Kier molecular flexibility index (Phi) is 2.61. The van der Waals surface area contributed by atoms with Gasteiger partial charge in [0.1, 0.15) is 0 Å². The molecule has 2 rings (SSSR count). The molecule has 0 spiro atoms. The molecular formula is C11H21NO. The Morgan fingerprint density at radius 3 is 2.69 bits per heavy atom. The van der Waals surface area contributed by atoms with Crippen LogP contribution in [-0.2, 0) is 0 Å². The number of rotatable bonds is 1. The van der Waals surface area contributed by atoms with Crippen molar-refractivity contribution < 1.29 is 5.11 Å². The van der Waals surface area contributed by atoms with Crippen LogP contribution in [0.25, 0.3) is 0 Å². The van der Waals surface area contributed by atoms with Gasteiger partial charge in [-0.25, -0.2) is 0 Å². The molecule has 1 aliphatic carbocycles. The highest BCUT2D eigenvalue weighted by molar-refractivity contribution is 4.94. The highest BCUT2D eigenvalue weighted by Gasteiger charge is 2.39. The van der Waals surface area contributed by atoms with Gasteiger partial charge in [0.15, 0.2) is 0 Å². The van der Waals surface area contributed by atoms with Crippen LogP contribution in [-0.4, -0.2) is 23.3 Å². The summed E-state index contributed by atoms with van der Waals surface area (Å²) in [7, 11) is 0. The molecule has 76 valence electrons. The van der Waals surface area contributed by atoms with E-state index in [4.69, 9.17) is 0 Å². The van der Waals surface area contributed by atoms with Crippen LogP contribution in [0.4, 0.5) is 0 Å². The number of hydrogen-bond donors (Lipinski definition) is 2. The first-order chi connectivity index (χ1) is 6.20. The molecule has 1 saturated carbocycles. The van der Waals surface area contributed by atoms with Crippen LogP contribution in [0.1, 0.15) is 45.4 Å². The molecule has 0 aromatic rings. The van der Waals surface area contributed by atoms with Gasteiger partial charge >= 0.3 is 0 Å². The second-order valence-corrected chi connectivity index (χ2v) is 4.91. The third kappa shape index (κ3) is 1.89. The summed E-state index contributed by atoms with van der Waals surface area (Å²) in [5.41, 5.74) is -0.403. The first-order valence-electron chi connectivity index (χ1n) is 5.66. The van der Waals surface area contributed by atoms with E-state index in [1.165, 1.54) is 32.1 Å². The number of nitrogens with one attached hydrogen (secondary N) is 1. The first-order valence-corrected chi connectivity index (χ1v) is 5.66. The van der Waals surface area contributed by atoms with E-state index in [-0.39, 0.29) is 0 Å². The van der Waals surface area contributed by atoms with Gasteiger partial charge in [0.2, 0.25) is 0 Å². The summed E-state index contributed by atoms with van der Waals surface area (Å²) in [5.74, 6) is 0.503. The zero-order valence-corrected chi connectivity index (χ0v) is 8.55. The average Bonchev–Trinajstić information content (AvgIpc) is 2.55. The first kappa shape index (κ1) is 9.47. The summed E-state index contributed by atoms with van der Waals surface area (Å²) >= 11 is 0. The van der Waals surface area contributed by atoms with E-state index in [1.807, 2.05) is 6.92 Å². The van der Waals surface area contributed by atoms with Gasteiger partial charge in [0, 0.05) is 12.0 Å². The van der Waals surface area contributed by atoms with Crippen molar-refractivity contribution in [2.45, 2.75) is 57.1 Å². The molecule has 2 heteroatoms. The van der Waals surface area contributed by atoms with E-state index < -0.39 is 5.60 Å². The molecule has 1 heterocycles. The number of aliphatic hydroxyl groups is 1. The summed E-state index contributed by atoms with van der Waals surface area (Å²) in [6, 6.07) is 0.593. The van der Waals surface area contributed by atoms with Gasteiger partial charge in [-0.3, -0.25) is 0 Å². The molecule has 13 heavy (non-hydrogen) atoms. The van der Waals surface area contributed by atoms with E-state index in [0.29, 0.717) is 12.0 Å². The minimum Gasteiger partial charge on any atom is -0.390 e. The maximum Gasteiger partial charge on any atom is 0.0662 e. The van der Waals surface area contributed by atoms with Crippen molar-refractivity contribution in [2.24, 2.45) is 5.92 Å². The predicted molar refractivity (Wildman–Crippen MR) is 53.6 cm³/mol. The Labute approximate surface area is 80.7 Å². The van der Waals surface area contributed by atoms with Crippen LogP contribution < -0.4 is 5.32 Å². The van der Waals surface area contributed by atoms with Crippen LogP contribution in [0, 0.1) is 5.92 Å². The SMILES string of the molecule is C[C@]1(O)CCCC[C@H]1[C@H]1CCCN1. The molecule has 2 nitrogen and oxygen atoms in total. The van der Waals surface area contributed by atoms with Crippen molar-refractivity contribution in [2.75, 3.05) is 6.54 Å². The lowest BCUT2D eigenvalue weighted by molar-refractivity contribution is -0.0442. The molecule has 3 atom stereocenters. The molecular weight excluding hydrogens is 162 g/mol. The van der Waals surface area contributed by atoms with Crippen molar-refractivity contribution in [1.82, 2.24) is 5.32 Å². The molecule has 0 aromatic heterocycles. The van der Waals surface area contributed by atoms with E-state index in [9.17, 15) is 5.11 Å². The van der Waals surface area contributed by atoms with Crippen LogP contribution in [0.2, 0.25) is 0 Å². The Balaban J connectivity index is 2.02. The van der Waals surface area contributed by atoms with Crippen LogP contribution in [0.5, 0.6) is 0 Å². The van der Waals surface area contributed by atoms with Crippen molar-refractivity contribution in [1.29, 1.82) is 0 Å². The summed E-state index contributed by atoms with van der Waals surface area (Å²) in [5, 5.41) is 13.8. The summed E-state index contributed by atoms with van der Waals surface area (Å²) in [4.78, 5) is 0. The minimum atomic E-state index is -0.403. The lowest BCUT2D eigenvalue weighted by Crippen LogP contribution is -2.47. The highest BCUT2D eigenvalue weighted by atomic mass is 16.3. The van der Waals surface area contributed by atoms with E-state index in [0.717, 1.165) is 13.0 Å². The Morgan fingerprint density at radius 2 is 2.08 bits per heavy atom. The maximum atomic E-state index is 10.3. The Hall–Kier alpha value is -0.0800. The molecule has 0 bridgehead atoms. The molecule has 1 saturated heterocycles. The van der Waals surface area contributed by atoms with Crippen molar-refractivity contribution >= 4 is 0 Å². The van der Waals surface area contributed by atoms with Crippen LogP contribution in [0.15, 0.2) is 0 Å². The summed E-state index contributed by atoms with van der Waals surface area (Å²) in [6.45, 7) is 3.17. The van der Waals surface area contributed by atoms with E-state index in [1.54, 1.807) is 0 Å². The molecule has 2 N–H and O–H groups in total. The molecule has 2 fully saturated rings. The Bertz CT molecular complexity index is 173. The third-order valence-corrected chi connectivity index (χ3v) is 3.83. The molecule has 1 aliphatic heterocycles. The second kappa shape index (κ2) is 3.58. The Morgan fingerprint density at radius 1 is 1.23 bits per heavy atom. The molecule has 0 unspecified atom stereocenters. The van der Waals surface area contributed by atoms with Crippen LogP contribution >= 0.6 is 0 Å². The zero-order chi connectivity index (χ0) is 9.31. The smallest absolute Gasteiger partial charge is 0.0662 e. The molecule has 2 aliphatic rings. The minimum absolute atomic E-state index is 0.403. The summed E-state index contributed by atoms with van der Waals surface area (Å²) < 4.78 is 0. The van der Waals surface area contributed by atoms with Gasteiger partial charge < -0.3 is 10.4 Å². The largest absolute Gasteiger partial charge is 0.390 e. The van der Waals surface area contributed by atoms with E-state index in [2.05, 4.69) is 5.32 Å². The van der Waals surface area contributed by atoms with Gasteiger partial charge in [-0.15, -0.1) is 0 Å². The fraction of sp³-hybridized carbons (Fsp3) is 1.00. The van der Waals surface area contributed by atoms with Crippen molar-refractivity contribution in [3.63, 3.8) is 0 Å². The predicted octanol–water partition coefficient (Wildman–Crippen LogP) is 1.68. The van der Waals surface area contributed by atoms with Crippen molar-refractivity contribution in [3.05, 3.63) is 0 Å². The molecule has 0 aromatic carbocycles. The maximum absolute atomic E-state index is 10.3. The zero-order valence-electron chi connectivity index (χ0n) is 8.55. The lowest BCUT2D eigenvalue weighted by atomic mass is 9.72. The fourth-order valence-corrected chi connectivity index (χ4v) is 3.03. The quantitative estimate of drug-likeness (QED) is 0.648. The third-order valence-electron chi connectivity index (χ3n) is 3.83. The van der Waals surface area contributed by atoms with Crippen molar-refractivity contribution in [3.8, 4) is 0 Å². The highest BCUT2D eigenvalue weighted by Crippen LogP contribution is 2.37. The standard InChI is InChI=1S/C11H21NO/c1-11(13)7-3-2-5-9(11)10-6-4-8-12-10/h9-10,12-13H,2-8H2,1H3/t9-,10+,11-/m0/s1. The topological polar surface area (TPSA) is 32.3 Å². The second-order valence-electron chi connectivity index (χ2n) is 4.91.